The van der Waals surface area contributed by atoms with E-state index in [1.54, 1.807) is 0 Å². The van der Waals surface area contributed by atoms with Gasteiger partial charge in [0.25, 0.3) is 0 Å². The average molecular weight is 586 g/mol. The zero-order valence-electron chi connectivity index (χ0n) is 21.7. The Labute approximate surface area is 229 Å². The minimum atomic E-state index is -1.76. The van der Waals surface area contributed by atoms with Gasteiger partial charge in [-0.25, -0.2) is 0 Å². The van der Waals surface area contributed by atoms with Crippen LogP contribution in [0.2, 0.25) is 0 Å². The molecule has 0 radical (unpaired) electrons. The number of hydrogen-bond donors (Lipinski definition) is 13. The molecule has 0 spiro atoms. The maximum absolute atomic E-state index is 12.6. The van der Waals surface area contributed by atoms with Crippen LogP contribution in [0.1, 0.15) is 12.8 Å². The van der Waals surface area contributed by atoms with E-state index >= 15 is 0 Å². The van der Waals surface area contributed by atoms with Gasteiger partial charge >= 0.3 is 0 Å². The molecule has 2 saturated heterocycles. The van der Waals surface area contributed by atoms with Crippen molar-refractivity contribution in [3.63, 3.8) is 0 Å². The van der Waals surface area contributed by atoms with Gasteiger partial charge in [-0.15, -0.1) is 0 Å². The van der Waals surface area contributed by atoms with E-state index in [-0.39, 0.29) is 25.9 Å². The van der Waals surface area contributed by atoms with E-state index in [2.05, 4.69) is 5.32 Å². The van der Waals surface area contributed by atoms with Crippen molar-refractivity contribution in [1.29, 1.82) is 0 Å². The molecule has 1 aliphatic carbocycles. The molecule has 1 saturated carbocycles. The second-order valence-corrected chi connectivity index (χ2v) is 10.3. The summed E-state index contributed by atoms with van der Waals surface area (Å²) in [5.41, 5.74) is 23.1. The molecule has 40 heavy (non-hydrogen) atoms. The van der Waals surface area contributed by atoms with Gasteiger partial charge in [0, 0.05) is 12.6 Å². The first-order chi connectivity index (χ1) is 18.9. The highest BCUT2D eigenvalue weighted by Crippen LogP contribution is 2.32. The topological polar surface area (TPSA) is 332 Å². The van der Waals surface area contributed by atoms with Crippen molar-refractivity contribution < 1.29 is 64.6 Å². The highest BCUT2D eigenvalue weighted by molar-refractivity contribution is 5.80. The summed E-state index contributed by atoms with van der Waals surface area (Å²) in [6.07, 6.45) is -19.8. The van der Waals surface area contributed by atoms with Crippen LogP contribution in [0.5, 0.6) is 0 Å². The van der Waals surface area contributed by atoms with E-state index < -0.39 is 110 Å². The van der Waals surface area contributed by atoms with E-state index in [9.17, 15) is 45.6 Å². The van der Waals surface area contributed by atoms with Crippen LogP contribution in [-0.4, -0.2) is 164 Å². The van der Waals surface area contributed by atoms with Gasteiger partial charge in [-0.3, -0.25) is 4.79 Å². The van der Waals surface area contributed by atoms with E-state index in [0.717, 1.165) is 0 Å². The summed E-state index contributed by atoms with van der Waals surface area (Å²) in [5.74, 6) is -0.845. The molecule has 1 unspecified atom stereocenters. The summed E-state index contributed by atoms with van der Waals surface area (Å²) in [7, 11) is 0. The van der Waals surface area contributed by atoms with Crippen LogP contribution in [0.4, 0.5) is 0 Å². The molecule has 2 aliphatic heterocycles. The average Bonchev–Trinajstić information content (AvgIpc) is 2.92. The summed E-state index contributed by atoms with van der Waals surface area (Å²) in [4.78, 5) is 12.6. The summed E-state index contributed by atoms with van der Waals surface area (Å²) in [6, 6.07) is -3.45. The molecular weight excluding hydrogens is 542 g/mol. The van der Waals surface area contributed by atoms with Crippen molar-refractivity contribution >= 4 is 5.91 Å². The van der Waals surface area contributed by atoms with E-state index in [1.807, 2.05) is 0 Å². The smallest absolute Gasteiger partial charge is 0.249 e. The number of carbonyl (C=O) groups is 1. The van der Waals surface area contributed by atoms with Crippen LogP contribution in [0, 0.1) is 0 Å². The maximum Gasteiger partial charge on any atom is 0.249 e. The van der Waals surface area contributed by atoms with Gasteiger partial charge in [-0.05, 0) is 19.4 Å². The first kappa shape index (κ1) is 33.3. The van der Waals surface area contributed by atoms with Gasteiger partial charge in [-0.1, -0.05) is 0 Å². The number of nitrogens with two attached hydrogens (primary N) is 4. The fraction of sp³-hybridized carbons (Fsp3) is 0.955. The lowest BCUT2D eigenvalue weighted by Crippen LogP contribution is -2.69. The van der Waals surface area contributed by atoms with Gasteiger partial charge in [0.05, 0.1) is 18.7 Å². The fourth-order valence-electron chi connectivity index (χ4n) is 5.07. The molecule has 16 atom stereocenters. The Kier molecular flexibility index (Phi) is 11.9. The Morgan fingerprint density at radius 3 is 2.05 bits per heavy atom. The first-order valence-corrected chi connectivity index (χ1v) is 13.1. The first-order valence-electron chi connectivity index (χ1n) is 13.1. The van der Waals surface area contributed by atoms with Crippen molar-refractivity contribution in [2.75, 3.05) is 19.7 Å². The second kappa shape index (κ2) is 14.3. The van der Waals surface area contributed by atoms with Crippen molar-refractivity contribution in [2.45, 2.75) is 111 Å². The molecular formula is C22H43N5O13. The number of aliphatic hydroxyl groups excluding tert-OH is 8. The van der Waals surface area contributed by atoms with Crippen molar-refractivity contribution in [2.24, 2.45) is 22.9 Å². The summed E-state index contributed by atoms with van der Waals surface area (Å²) in [6.45, 7) is -0.898. The van der Waals surface area contributed by atoms with Crippen LogP contribution in [0.15, 0.2) is 0 Å². The van der Waals surface area contributed by atoms with E-state index in [4.69, 9.17) is 41.9 Å². The van der Waals surface area contributed by atoms with Crippen LogP contribution in [0.3, 0.4) is 0 Å². The molecule has 2 heterocycles. The van der Waals surface area contributed by atoms with Crippen LogP contribution >= 0.6 is 0 Å². The highest BCUT2D eigenvalue weighted by Gasteiger charge is 2.52. The third-order valence-electron chi connectivity index (χ3n) is 7.51. The zero-order chi connectivity index (χ0) is 29.9. The lowest BCUT2D eigenvalue weighted by molar-refractivity contribution is -0.332. The number of aliphatic hydroxyl groups is 8. The molecule has 18 nitrogen and oxygen atoms in total. The lowest BCUT2D eigenvalue weighted by atomic mass is 9.83. The van der Waals surface area contributed by atoms with Gasteiger partial charge in [0.2, 0.25) is 5.91 Å². The Balaban J connectivity index is 1.85. The molecule has 0 aromatic heterocycles. The number of hydrogen-bond acceptors (Lipinski definition) is 17. The minimum Gasteiger partial charge on any atom is -0.394 e. The molecule has 17 N–H and O–H groups in total. The summed E-state index contributed by atoms with van der Waals surface area (Å²) < 4.78 is 22.5. The van der Waals surface area contributed by atoms with Crippen molar-refractivity contribution in [1.82, 2.24) is 5.32 Å². The number of carbonyl (C=O) groups excluding carboxylic acids is 1. The zero-order valence-corrected chi connectivity index (χ0v) is 21.7. The van der Waals surface area contributed by atoms with Gasteiger partial charge < -0.3 is 88.1 Å². The molecule has 0 aromatic rings. The monoisotopic (exact) mass is 585 g/mol. The molecule has 0 aromatic carbocycles. The third-order valence-corrected chi connectivity index (χ3v) is 7.51. The SMILES string of the molecule is NCC[C@H](O)C(=O)NC1C[C@H](N)[C@@H](O[C@H]2O[C@H](CN)[C@H](O)[C@@H](O)[C@@H]2O)[C@@H](O)[C@H]1O[C@H]1O[C@H](CO)[C@@H](O)[C@@H](N)[C@H]1O. The number of nitrogens with one attached hydrogen (secondary N) is 1. The Hall–Kier alpha value is -1.17. The van der Waals surface area contributed by atoms with E-state index in [1.165, 1.54) is 0 Å². The molecule has 18 heteroatoms. The standard InChI is InChI=1S/C22H43N5O13/c23-2-1-8(29)20(36)27-7-3-6(25)18(39-22-16(34)15(33)13(31)9(4-24)37-22)17(35)19(7)40-21-14(32)11(26)12(30)10(5-28)38-21/h6-19,21-22,28-35H,1-5,23-26H2,(H,27,36)/t6-,7?,8-,9+,10+,11+,12+,13-,14+,15+,16-,17+,18+,19-,21+,22+/m0/s1. The highest BCUT2D eigenvalue weighted by atomic mass is 16.7. The quantitative estimate of drug-likeness (QED) is 0.113. The maximum atomic E-state index is 12.6. The third kappa shape index (κ3) is 7.06. The van der Waals surface area contributed by atoms with Crippen LogP contribution < -0.4 is 28.3 Å². The predicted octanol–water partition coefficient (Wildman–Crippen LogP) is -8.42. The number of amides is 1. The Morgan fingerprint density at radius 1 is 0.850 bits per heavy atom. The molecule has 0 bridgehead atoms. The summed E-state index contributed by atoms with van der Waals surface area (Å²) in [5, 5.41) is 84.9. The molecule has 3 aliphatic rings. The van der Waals surface area contributed by atoms with Crippen LogP contribution in [0.25, 0.3) is 0 Å². The Morgan fingerprint density at radius 2 is 1.45 bits per heavy atom. The van der Waals surface area contributed by atoms with Gasteiger partial charge in [-0.2, -0.15) is 0 Å². The van der Waals surface area contributed by atoms with Gasteiger partial charge in [0.1, 0.15) is 67.1 Å². The largest absolute Gasteiger partial charge is 0.394 e. The molecule has 3 fully saturated rings. The minimum absolute atomic E-state index is 0.0101. The lowest BCUT2D eigenvalue weighted by Gasteiger charge is -2.49. The van der Waals surface area contributed by atoms with Crippen molar-refractivity contribution in [3.8, 4) is 0 Å². The molecule has 234 valence electrons. The molecule has 1 amide bonds. The Bertz CT molecular complexity index is 815. The van der Waals surface area contributed by atoms with Crippen molar-refractivity contribution in [3.05, 3.63) is 0 Å². The summed E-state index contributed by atoms with van der Waals surface area (Å²) >= 11 is 0. The molecule has 3 rings (SSSR count). The fourth-order valence-corrected chi connectivity index (χ4v) is 5.07. The predicted molar refractivity (Wildman–Crippen MR) is 131 cm³/mol. The van der Waals surface area contributed by atoms with Crippen LogP contribution in [-0.2, 0) is 23.7 Å². The van der Waals surface area contributed by atoms with E-state index in [0.29, 0.717) is 0 Å². The van der Waals surface area contributed by atoms with Gasteiger partial charge in [0.15, 0.2) is 12.6 Å². The number of ether oxygens (including phenoxy) is 4. The normalized spacial score (nSPS) is 47.0. The second-order valence-electron chi connectivity index (χ2n) is 10.3. The number of rotatable bonds is 10.